The molecule has 1 heterocycles. The molecule has 1 atom stereocenters. The number of rotatable bonds is 5. The molecular formula is C13H17N3O2. The first-order chi connectivity index (χ1) is 8.62. The van der Waals surface area contributed by atoms with E-state index in [4.69, 9.17) is 10.00 Å². The monoisotopic (exact) mass is 247 g/mol. The molecule has 0 aliphatic carbocycles. The molecule has 0 fully saturated rings. The minimum absolute atomic E-state index is 0.215. The summed E-state index contributed by atoms with van der Waals surface area (Å²) in [5, 5.41) is 8.71. The van der Waals surface area contributed by atoms with Gasteiger partial charge in [-0.1, -0.05) is 6.92 Å². The van der Waals surface area contributed by atoms with Gasteiger partial charge in [-0.2, -0.15) is 5.26 Å². The summed E-state index contributed by atoms with van der Waals surface area (Å²) in [6, 6.07) is 5.52. The Labute approximate surface area is 107 Å². The molecule has 0 aliphatic rings. The van der Waals surface area contributed by atoms with Crippen LogP contribution in [0.3, 0.4) is 0 Å². The first-order valence-electron chi connectivity index (χ1n) is 5.81. The molecule has 0 aliphatic heterocycles. The van der Waals surface area contributed by atoms with E-state index in [0.717, 1.165) is 12.4 Å². The van der Waals surface area contributed by atoms with Gasteiger partial charge in [0.05, 0.1) is 18.6 Å². The second kappa shape index (κ2) is 6.60. The molecular weight excluding hydrogens is 230 g/mol. The van der Waals surface area contributed by atoms with Gasteiger partial charge in [0, 0.05) is 19.3 Å². The highest BCUT2D eigenvalue weighted by atomic mass is 16.5. The summed E-state index contributed by atoms with van der Waals surface area (Å²) in [7, 11) is 1.38. The predicted octanol–water partition coefficient (Wildman–Crippen LogP) is 1.59. The van der Waals surface area contributed by atoms with E-state index in [0.29, 0.717) is 12.1 Å². The third-order valence-electron chi connectivity index (χ3n) is 2.68. The Hall–Kier alpha value is -2.09. The van der Waals surface area contributed by atoms with Crippen molar-refractivity contribution in [2.45, 2.75) is 13.8 Å². The lowest BCUT2D eigenvalue weighted by atomic mass is 10.1. The van der Waals surface area contributed by atoms with E-state index in [1.807, 2.05) is 24.8 Å². The van der Waals surface area contributed by atoms with E-state index in [9.17, 15) is 4.79 Å². The maximum Gasteiger partial charge on any atom is 0.310 e. The Balaban J connectivity index is 2.76. The Morgan fingerprint density at radius 2 is 2.33 bits per heavy atom. The lowest BCUT2D eigenvalue weighted by molar-refractivity contribution is -0.144. The van der Waals surface area contributed by atoms with Gasteiger partial charge in [0.25, 0.3) is 0 Å². The highest BCUT2D eigenvalue weighted by Crippen LogP contribution is 2.13. The largest absolute Gasteiger partial charge is 0.469 e. The Bertz CT molecular complexity index is 437. The van der Waals surface area contributed by atoms with Crippen molar-refractivity contribution in [3.63, 3.8) is 0 Å². The number of hydrogen-bond donors (Lipinski definition) is 0. The highest BCUT2D eigenvalue weighted by Gasteiger charge is 2.17. The van der Waals surface area contributed by atoms with Crippen LogP contribution in [-0.4, -0.2) is 31.2 Å². The maximum absolute atomic E-state index is 11.4. The Kier molecular flexibility index (Phi) is 5.12. The lowest BCUT2D eigenvalue weighted by Gasteiger charge is -2.24. The predicted molar refractivity (Wildman–Crippen MR) is 68.0 cm³/mol. The number of carbonyl (C=O) groups excluding carboxylic acids is 1. The summed E-state index contributed by atoms with van der Waals surface area (Å²) in [4.78, 5) is 17.6. The first-order valence-corrected chi connectivity index (χ1v) is 5.81. The van der Waals surface area contributed by atoms with Gasteiger partial charge in [-0.15, -0.1) is 0 Å². The van der Waals surface area contributed by atoms with Crippen LogP contribution in [0.15, 0.2) is 18.3 Å². The number of hydrogen-bond acceptors (Lipinski definition) is 5. The number of ether oxygens (including phenoxy) is 1. The summed E-state index contributed by atoms with van der Waals surface area (Å²) in [6.45, 7) is 5.09. The second-order valence-electron chi connectivity index (χ2n) is 3.98. The summed E-state index contributed by atoms with van der Waals surface area (Å²) in [5.74, 6) is 0.307. The molecule has 1 aromatic heterocycles. The molecule has 0 radical (unpaired) electrons. The maximum atomic E-state index is 11.4. The van der Waals surface area contributed by atoms with Crippen molar-refractivity contribution in [2.75, 3.05) is 25.1 Å². The second-order valence-corrected chi connectivity index (χ2v) is 3.98. The van der Waals surface area contributed by atoms with Gasteiger partial charge in [-0.3, -0.25) is 4.79 Å². The molecule has 0 bridgehead atoms. The van der Waals surface area contributed by atoms with E-state index in [2.05, 4.69) is 4.98 Å². The summed E-state index contributed by atoms with van der Waals surface area (Å²) in [5.41, 5.74) is 0.524. The fraction of sp³-hybridized carbons (Fsp3) is 0.462. The molecule has 0 spiro atoms. The SMILES string of the molecule is CCN(CC(C)C(=O)OC)c1ccc(C#N)cn1. The molecule has 0 N–H and O–H groups in total. The molecule has 5 heteroatoms. The molecule has 0 aromatic carbocycles. The van der Waals surface area contributed by atoms with Crippen LogP contribution in [0.4, 0.5) is 5.82 Å². The van der Waals surface area contributed by atoms with Crippen LogP contribution in [0.25, 0.3) is 0 Å². The first kappa shape index (κ1) is 14.0. The normalized spacial score (nSPS) is 11.4. The van der Waals surface area contributed by atoms with Crippen LogP contribution >= 0.6 is 0 Å². The highest BCUT2D eigenvalue weighted by molar-refractivity contribution is 5.72. The lowest BCUT2D eigenvalue weighted by Crippen LogP contribution is -2.32. The van der Waals surface area contributed by atoms with E-state index in [1.54, 1.807) is 12.1 Å². The van der Waals surface area contributed by atoms with Crippen LogP contribution in [-0.2, 0) is 9.53 Å². The van der Waals surface area contributed by atoms with Crippen molar-refractivity contribution >= 4 is 11.8 Å². The standard InChI is InChI=1S/C13H17N3O2/c1-4-16(9-10(2)13(17)18-3)12-6-5-11(7-14)8-15-12/h5-6,8,10H,4,9H2,1-3H3. The van der Waals surface area contributed by atoms with Crippen molar-refractivity contribution in [1.29, 1.82) is 5.26 Å². The van der Waals surface area contributed by atoms with Crippen molar-refractivity contribution in [1.82, 2.24) is 4.98 Å². The number of pyridine rings is 1. The van der Waals surface area contributed by atoms with Crippen LogP contribution < -0.4 is 4.90 Å². The summed E-state index contributed by atoms with van der Waals surface area (Å²) >= 11 is 0. The van der Waals surface area contributed by atoms with E-state index >= 15 is 0 Å². The zero-order chi connectivity index (χ0) is 13.5. The molecule has 1 rings (SSSR count). The van der Waals surface area contributed by atoms with E-state index in [-0.39, 0.29) is 11.9 Å². The van der Waals surface area contributed by atoms with Gasteiger partial charge in [0.1, 0.15) is 11.9 Å². The zero-order valence-corrected chi connectivity index (χ0v) is 10.9. The van der Waals surface area contributed by atoms with Crippen molar-refractivity contribution in [2.24, 2.45) is 5.92 Å². The number of esters is 1. The quantitative estimate of drug-likeness (QED) is 0.739. The van der Waals surface area contributed by atoms with Gasteiger partial charge in [-0.25, -0.2) is 4.98 Å². The zero-order valence-electron chi connectivity index (χ0n) is 10.9. The van der Waals surface area contributed by atoms with Crippen LogP contribution in [0.1, 0.15) is 19.4 Å². The summed E-state index contributed by atoms with van der Waals surface area (Å²) in [6.07, 6.45) is 1.53. The van der Waals surface area contributed by atoms with Crippen LogP contribution in [0, 0.1) is 17.2 Å². The molecule has 5 nitrogen and oxygen atoms in total. The molecule has 0 saturated heterocycles. The number of nitriles is 1. The number of methoxy groups -OCH3 is 1. The number of nitrogens with zero attached hydrogens (tertiary/aromatic N) is 3. The molecule has 0 amide bonds. The van der Waals surface area contributed by atoms with Crippen LogP contribution in [0.5, 0.6) is 0 Å². The van der Waals surface area contributed by atoms with Gasteiger partial charge in [0.2, 0.25) is 0 Å². The van der Waals surface area contributed by atoms with Crippen LogP contribution in [0.2, 0.25) is 0 Å². The number of carbonyl (C=O) groups is 1. The van der Waals surface area contributed by atoms with E-state index < -0.39 is 0 Å². The third kappa shape index (κ3) is 3.45. The summed E-state index contributed by atoms with van der Waals surface area (Å²) < 4.78 is 4.70. The average molecular weight is 247 g/mol. The fourth-order valence-corrected chi connectivity index (χ4v) is 1.63. The average Bonchev–Trinajstić information content (AvgIpc) is 2.43. The molecule has 96 valence electrons. The van der Waals surface area contributed by atoms with Crippen molar-refractivity contribution in [3.8, 4) is 6.07 Å². The van der Waals surface area contributed by atoms with Gasteiger partial charge in [0.15, 0.2) is 0 Å². The third-order valence-corrected chi connectivity index (χ3v) is 2.68. The molecule has 1 aromatic rings. The molecule has 1 unspecified atom stereocenters. The number of aromatic nitrogens is 1. The van der Waals surface area contributed by atoms with Crippen molar-refractivity contribution < 1.29 is 9.53 Å². The smallest absolute Gasteiger partial charge is 0.310 e. The fourth-order valence-electron chi connectivity index (χ4n) is 1.63. The van der Waals surface area contributed by atoms with Crippen molar-refractivity contribution in [3.05, 3.63) is 23.9 Å². The molecule has 18 heavy (non-hydrogen) atoms. The van der Waals surface area contributed by atoms with Gasteiger partial charge < -0.3 is 9.64 Å². The Morgan fingerprint density at radius 1 is 1.61 bits per heavy atom. The Morgan fingerprint density at radius 3 is 2.78 bits per heavy atom. The molecule has 0 saturated carbocycles. The van der Waals surface area contributed by atoms with E-state index in [1.165, 1.54) is 13.3 Å². The minimum Gasteiger partial charge on any atom is -0.469 e. The van der Waals surface area contributed by atoms with Gasteiger partial charge in [-0.05, 0) is 19.1 Å². The topological polar surface area (TPSA) is 66.2 Å². The number of anilines is 1. The minimum atomic E-state index is -0.234. The van der Waals surface area contributed by atoms with Gasteiger partial charge >= 0.3 is 5.97 Å².